The van der Waals surface area contributed by atoms with Gasteiger partial charge in [0.2, 0.25) is 5.60 Å². The number of aliphatic hydroxyl groups excluding tert-OH is 1. The molecule has 0 radical (unpaired) electrons. The van der Waals surface area contributed by atoms with Crippen molar-refractivity contribution < 1.29 is 28.9 Å². The van der Waals surface area contributed by atoms with Crippen LogP contribution < -0.4 is 0 Å². The molecule has 4 atom stereocenters. The number of aliphatic hydroxyl groups is 1. The molecule has 0 amide bonds. The zero-order valence-corrected chi connectivity index (χ0v) is 21.1. The molecule has 0 spiro atoms. The Morgan fingerprint density at radius 2 is 2.03 bits per heavy atom. The number of aryl methyl sites for hydroxylation is 1. The Hall–Kier alpha value is -3.03. The topological polar surface area (TPSA) is 136 Å². The van der Waals surface area contributed by atoms with Crippen LogP contribution >= 0.6 is 0 Å². The van der Waals surface area contributed by atoms with E-state index in [2.05, 4.69) is 16.2 Å². The molecule has 1 aliphatic heterocycles. The van der Waals surface area contributed by atoms with Crippen molar-refractivity contribution in [2.24, 2.45) is 11.8 Å². The lowest BCUT2D eigenvalue weighted by Crippen LogP contribution is -2.43. The first-order valence-corrected chi connectivity index (χ1v) is 12.7. The highest BCUT2D eigenvalue weighted by molar-refractivity contribution is 5.70. The van der Waals surface area contributed by atoms with Crippen molar-refractivity contribution in [3.05, 3.63) is 29.8 Å². The van der Waals surface area contributed by atoms with Gasteiger partial charge in [-0.15, -0.1) is 0 Å². The summed E-state index contributed by atoms with van der Waals surface area (Å²) >= 11 is 0. The monoisotopic (exact) mass is 498 g/mol. The molecule has 1 saturated carbocycles. The Kier molecular flexibility index (Phi) is 7.91. The van der Waals surface area contributed by atoms with E-state index in [0.717, 1.165) is 25.7 Å². The van der Waals surface area contributed by atoms with Crippen LogP contribution in [0.3, 0.4) is 0 Å². The summed E-state index contributed by atoms with van der Waals surface area (Å²) < 4.78 is 18.7. The fraction of sp³-hybridized carbons (Fsp3) is 0.654. The lowest BCUT2D eigenvalue weighted by Gasteiger charge is -2.25. The molecule has 10 heteroatoms. The normalized spacial score (nSPS) is 26.7. The first-order valence-electron chi connectivity index (χ1n) is 12.7. The zero-order chi connectivity index (χ0) is 25.9. The summed E-state index contributed by atoms with van der Waals surface area (Å²) in [6.07, 6.45) is 3.46. The molecule has 2 fully saturated rings. The van der Waals surface area contributed by atoms with Gasteiger partial charge in [0.25, 0.3) is 0 Å². The Morgan fingerprint density at radius 1 is 1.28 bits per heavy atom. The van der Waals surface area contributed by atoms with Crippen LogP contribution in [0.4, 0.5) is 0 Å². The molecule has 1 saturated heterocycles. The van der Waals surface area contributed by atoms with E-state index in [9.17, 15) is 20.0 Å². The van der Waals surface area contributed by atoms with Crippen molar-refractivity contribution in [2.45, 2.75) is 89.6 Å². The standard InChI is InChI=1S/C26H34N4O6/c1-16(2)11-23(32)35-24-20(13-34-22(31)12-18-7-5-4-6-8-18)36-26(14-27,25(24)33)21-10-9-19-17(3)28-15-29-30(19)21/h9-10,15-16,18,20,24-25,33H,4-8,11-13H2,1-3H3/t20-,24-,25-,26+/m1/s1. The second-order valence-electron chi connectivity index (χ2n) is 10.3. The number of fused-ring (bicyclic) bond motifs is 1. The fourth-order valence-electron chi connectivity index (χ4n) is 5.17. The maximum Gasteiger partial charge on any atom is 0.306 e. The molecule has 0 unspecified atom stereocenters. The van der Waals surface area contributed by atoms with Crippen LogP contribution in [0, 0.1) is 30.1 Å². The molecule has 10 nitrogen and oxygen atoms in total. The zero-order valence-electron chi connectivity index (χ0n) is 21.1. The second kappa shape index (κ2) is 10.9. The maximum absolute atomic E-state index is 12.6. The van der Waals surface area contributed by atoms with Crippen LogP contribution in [0.2, 0.25) is 0 Å². The summed E-state index contributed by atoms with van der Waals surface area (Å²) in [4.78, 5) is 29.3. The van der Waals surface area contributed by atoms with Gasteiger partial charge in [0.1, 0.15) is 31.2 Å². The lowest BCUT2D eigenvalue weighted by atomic mass is 9.87. The predicted molar refractivity (Wildman–Crippen MR) is 127 cm³/mol. The van der Waals surface area contributed by atoms with E-state index >= 15 is 0 Å². The minimum Gasteiger partial charge on any atom is -0.463 e. The van der Waals surface area contributed by atoms with Crippen LogP contribution in [-0.2, 0) is 29.4 Å². The molecular formula is C26H34N4O6. The van der Waals surface area contributed by atoms with E-state index in [1.165, 1.54) is 17.3 Å². The molecule has 1 N–H and O–H groups in total. The first kappa shape index (κ1) is 26.0. The fourth-order valence-corrected chi connectivity index (χ4v) is 5.17. The van der Waals surface area contributed by atoms with E-state index < -0.39 is 29.9 Å². The van der Waals surface area contributed by atoms with Crippen molar-refractivity contribution in [2.75, 3.05) is 6.61 Å². The van der Waals surface area contributed by atoms with Crippen LogP contribution in [0.15, 0.2) is 18.5 Å². The van der Waals surface area contributed by atoms with Crippen LogP contribution in [0.1, 0.15) is 70.2 Å². The second-order valence-corrected chi connectivity index (χ2v) is 10.3. The minimum absolute atomic E-state index is 0.0405. The highest BCUT2D eigenvalue weighted by Gasteiger charge is 2.60. The first-order chi connectivity index (χ1) is 17.2. The number of aromatic nitrogens is 3. The Morgan fingerprint density at radius 3 is 2.72 bits per heavy atom. The molecule has 1 aliphatic carbocycles. The van der Waals surface area contributed by atoms with Crippen molar-refractivity contribution in [3.63, 3.8) is 0 Å². The van der Waals surface area contributed by atoms with E-state index in [1.807, 2.05) is 13.8 Å². The van der Waals surface area contributed by atoms with Crippen molar-refractivity contribution in [3.8, 4) is 6.07 Å². The average Bonchev–Trinajstić information content (AvgIpc) is 3.39. The van der Waals surface area contributed by atoms with Gasteiger partial charge in [-0.05, 0) is 43.7 Å². The SMILES string of the molecule is Cc1ncnn2c([C@]3(C#N)O[C@H](COC(=O)CC4CCCCC4)[C@@H](OC(=O)CC(C)C)[C@H]3O)ccc12. The predicted octanol–water partition coefficient (Wildman–Crippen LogP) is 2.99. The van der Waals surface area contributed by atoms with Crippen molar-refractivity contribution in [1.29, 1.82) is 5.26 Å². The molecule has 0 bridgehead atoms. The van der Waals surface area contributed by atoms with Gasteiger partial charge in [0, 0.05) is 12.8 Å². The summed E-state index contributed by atoms with van der Waals surface area (Å²) in [5, 5.41) is 25.8. The number of nitrogens with zero attached hydrogens (tertiary/aromatic N) is 4. The van der Waals surface area contributed by atoms with E-state index in [4.69, 9.17) is 14.2 Å². The maximum atomic E-state index is 12.6. The van der Waals surface area contributed by atoms with Crippen molar-refractivity contribution >= 4 is 17.5 Å². The lowest BCUT2D eigenvalue weighted by molar-refractivity contribution is -0.161. The van der Waals surface area contributed by atoms with Gasteiger partial charge in [0.05, 0.1) is 16.9 Å². The average molecular weight is 499 g/mol. The largest absolute Gasteiger partial charge is 0.463 e. The van der Waals surface area contributed by atoms with E-state index in [-0.39, 0.29) is 30.6 Å². The van der Waals surface area contributed by atoms with Gasteiger partial charge in [-0.1, -0.05) is 33.1 Å². The third-order valence-electron chi connectivity index (χ3n) is 7.05. The summed E-state index contributed by atoms with van der Waals surface area (Å²) in [6.45, 7) is 5.31. The molecule has 2 aromatic heterocycles. The summed E-state index contributed by atoms with van der Waals surface area (Å²) in [6, 6.07) is 5.45. The molecule has 194 valence electrons. The van der Waals surface area contributed by atoms with E-state index in [0.29, 0.717) is 23.5 Å². The number of rotatable bonds is 8. The number of hydrogen-bond acceptors (Lipinski definition) is 9. The minimum atomic E-state index is -1.89. The number of carbonyl (C=O) groups is 2. The van der Waals surface area contributed by atoms with Crippen LogP contribution in [0.25, 0.3) is 5.52 Å². The Labute approximate surface area is 210 Å². The van der Waals surface area contributed by atoms with Crippen LogP contribution in [-0.4, -0.2) is 56.6 Å². The van der Waals surface area contributed by atoms with Gasteiger partial charge in [-0.2, -0.15) is 10.4 Å². The number of hydrogen-bond donors (Lipinski definition) is 1. The molecule has 3 heterocycles. The van der Waals surface area contributed by atoms with Gasteiger partial charge < -0.3 is 19.3 Å². The summed E-state index contributed by atoms with van der Waals surface area (Å²) in [5.41, 5.74) is -0.284. The highest BCUT2D eigenvalue weighted by atomic mass is 16.6. The van der Waals surface area contributed by atoms with Crippen LogP contribution in [0.5, 0.6) is 0 Å². The number of carbonyl (C=O) groups excluding carboxylic acids is 2. The van der Waals surface area contributed by atoms with Gasteiger partial charge in [-0.3, -0.25) is 9.59 Å². The number of nitriles is 1. The molecule has 0 aromatic carbocycles. The number of ether oxygens (including phenoxy) is 3. The number of esters is 2. The summed E-state index contributed by atoms with van der Waals surface area (Å²) in [5.74, 6) is -0.547. The molecule has 2 aliphatic rings. The molecule has 4 rings (SSSR count). The quantitative estimate of drug-likeness (QED) is 0.545. The molecular weight excluding hydrogens is 464 g/mol. The third-order valence-corrected chi connectivity index (χ3v) is 7.05. The Bertz CT molecular complexity index is 1140. The van der Waals surface area contributed by atoms with Gasteiger partial charge in [-0.25, -0.2) is 9.50 Å². The molecule has 36 heavy (non-hydrogen) atoms. The van der Waals surface area contributed by atoms with Crippen molar-refractivity contribution in [1.82, 2.24) is 14.6 Å². The van der Waals surface area contributed by atoms with Gasteiger partial charge in [0.15, 0.2) is 6.10 Å². The van der Waals surface area contributed by atoms with E-state index in [1.54, 1.807) is 19.1 Å². The van der Waals surface area contributed by atoms with Gasteiger partial charge >= 0.3 is 11.9 Å². The Balaban J connectivity index is 1.58. The smallest absolute Gasteiger partial charge is 0.306 e. The molecule has 2 aromatic rings. The third kappa shape index (κ3) is 5.22. The highest BCUT2D eigenvalue weighted by Crippen LogP contribution is 2.42. The summed E-state index contributed by atoms with van der Waals surface area (Å²) in [7, 11) is 0.